The third kappa shape index (κ3) is 4.57. The Morgan fingerprint density at radius 1 is 1.12 bits per heavy atom. The van der Waals surface area contributed by atoms with E-state index in [2.05, 4.69) is 10.6 Å². The molecule has 1 aromatic rings. The highest BCUT2D eigenvalue weighted by atomic mass is 16.4. The van der Waals surface area contributed by atoms with Crippen LogP contribution in [0.3, 0.4) is 0 Å². The summed E-state index contributed by atoms with van der Waals surface area (Å²) in [6.07, 6.45) is 4.16. The van der Waals surface area contributed by atoms with Gasteiger partial charge in [0.15, 0.2) is 0 Å². The molecule has 1 aliphatic rings. The number of amides is 2. The summed E-state index contributed by atoms with van der Waals surface area (Å²) in [5, 5.41) is 14.4. The van der Waals surface area contributed by atoms with Crippen molar-refractivity contribution >= 4 is 17.8 Å². The summed E-state index contributed by atoms with van der Waals surface area (Å²) >= 11 is 0. The molecular weight excluding hydrogens is 308 g/mol. The normalized spacial score (nSPS) is 15.1. The molecule has 1 aliphatic carbocycles. The summed E-state index contributed by atoms with van der Waals surface area (Å²) in [6.45, 7) is 3.29. The van der Waals surface area contributed by atoms with Crippen molar-refractivity contribution in [1.29, 1.82) is 0 Å². The van der Waals surface area contributed by atoms with E-state index in [1.807, 2.05) is 0 Å². The average Bonchev–Trinajstić information content (AvgIpc) is 3.07. The lowest BCUT2D eigenvalue weighted by atomic mass is 10.0. The van der Waals surface area contributed by atoms with Gasteiger partial charge in [-0.2, -0.15) is 0 Å². The van der Waals surface area contributed by atoms with Gasteiger partial charge in [0.25, 0.3) is 5.91 Å². The van der Waals surface area contributed by atoms with E-state index >= 15 is 0 Å². The molecule has 0 aromatic heterocycles. The second-order valence-electron chi connectivity index (χ2n) is 6.78. The van der Waals surface area contributed by atoms with Gasteiger partial charge in [-0.15, -0.1) is 0 Å². The quantitative estimate of drug-likeness (QED) is 0.743. The highest BCUT2D eigenvalue weighted by Crippen LogP contribution is 2.24. The molecule has 3 N–H and O–H groups in total. The first-order valence-electron chi connectivity index (χ1n) is 8.22. The Balaban J connectivity index is 1.89. The number of rotatable bonds is 6. The first-order chi connectivity index (χ1) is 11.3. The number of carboxylic acids is 1. The largest absolute Gasteiger partial charge is 0.480 e. The number of carbonyl (C=O) groups excluding carboxylic acids is 2. The molecule has 130 valence electrons. The van der Waals surface area contributed by atoms with Crippen LogP contribution < -0.4 is 10.6 Å². The van der Waals surface area contributed by atoms with E-state index in [9.17, 15) is 14.4 Å². The first kappa shape index (κ1) is 18.0. The summed E-state index contributed by atoms with van der Waals surface area (Å²) in [6, 6.07) is 6.78. The summed E-state index contributed by atoms with van der Waals surface area (Å²) in [7, 11) is 0. The second-order valence-corrected chi connectivity index (χ2v) is 6.78. The van der Waals surface area contributed by atoms with Crippen molar-refractivity contribution in [2.75, 3.05) is 0 Å². The van der Waals surface area contributed by atoms with Gasteiger partial charge >= 0.3 is 5.97 Å². The van der Waals surface area contributed by atoms with Crippen molar-refractivity contribution in [3.63, 3.8) is 0 Å². The van der Waals surface area contributed by atoms with Crippen LogP contribution in [0.15, 0.2) is 24.3 Å². The predicted octanol–water partition coefficient (Wildman–Crippen LogP) is 2.09. The standard InChI is InChI=1S/C18H24N2O4/c1-18(2,17(23)24)20-16(22)14-9-7-12(8-10-14)11-19-15(21)13-5-3-4-6-13/h7-10,13H,3-6,11H2,1-2H3,(H,19,21)(H,20,22)(H,23,24). The van der Waals surface area contributed by atoms with E-state index in [4.69, 9.17) is 5.11 Å². The van der Waals surface area contributed by atoms with Crippen LogP contribution in [0, 0.1) is 5.92 Å². The lowest BCUT2D eigenvalue weighted by Gasteiger charge is -2.21. The average molecular weight is 332 g/mol. The van der Waals surface area contributed by atoms with E-state index in [-0.39, 0.29) is 11.8 Å². The van der Waals surface area contributed by atoms with Crippen molar-refractivity contribution in [2.24, 2.45) is 5.92 Å². The molecule has 6 nitrogen and oxygen atoms in total. The third-order valence-corrected chi connectivity index (χ3v) is 4.37. The van der Waals surface area contributed by atoms with Crippen LogP contribution in [0.25, 0.3) is 0 Å². The van der Waals surface area contributed by atoms with Gasteiger partial charge in [-0.25, -0.2) is 4.79 Å². The fourth-order valence-corrected chi connectivity index (χ4v) is 2.70. The number of carboxylic acid groups (broad SMARTS) is 1. The van der Waals surface area contributed by atoms with Gasteiger partial charge in [-0.05, 0) is 44.4 Å². The minimum Gasteiger partial charge on any atom is -0.480 e. The number of carbonyl (C=O) groups is 3. The third-order valence-electron chi connectivity index (χ3n) is 4.37. The molecule has 0 spiro atoms. The van der Waals surface area contributed by atoms with Gasteiger partial charge in [-0.1, -0.05) is 25.0 Å². The van der Waals surface area contributed by atoms with Crippen molar-refractivity contribution < 1.29 is 19.5 Å². The van der Waals surface area contributed by atoms with Crippen molar-refractivity contribution in [3.8, 4) is 0 Å². The Labute approximate surface area is 141 Å². The van der Waals surface area contributed by atoms with Crippen molar-refractivity contribution in [3.05, 3.63) is 35.4 Å². The van der Waals surface area contributed by atoms with Gasteiger partial charge in [0.05, 0.1) is 0 Å². The lowest BCUT2D eigenvalue weighted by molar-refractivity contribution is -0.143. The Morgan fingerprint density at radius 2 is 1.71 bits per heavy atom. The molecule has 1 aromatic carbocycles. The highest BCUT2D eigenvalue weighted by Gasteiger charge is 2.29. The predicted molar refractivity (Wildman–Crippen MR) is 89.4 cm³/mol. The van der Waals surface area contributed by atoms with Crippen LogP contribution in [-0.4, -0.2) is 28.4 Å². The van der Waals surface area contributed by atoms with Crippen molar-refractivity contribution in [2.45, 2.75) is 51.6 Å². The van der Waals surface area contributed by atoms with E-state index in [0.29, 0.717) is 12.1 Å². The zero-order chi connectivity index (χ0) is 17.7. The van der Waals surface area contributed by atoms with E-state index in [0.717, 1.165) is 31.2 Å². The molecule has 24 heavy (non-hydrogen) atoms. The van der Waals surface area contributed by atoms with Gasteiger partial charge in [-0.3, -0.25) is 9.59 Å². The molecule has 6 heteroatoms. The van der Waals surface area contributed by atoms with Gasteiger partial charge in [0.2, 0.25) is 5.91 Å². The highest BCUT2D eigenvalue weighted by molar-refractivity contribution is 5.97. The summed E-state index contributed by atoms with van der Waals surface area (Å²) in [5.74, 6) is -1.31. The zero-order valence-electron chi connectivity index (χ0n) is 14.1. The summed E-state index contributed by atoms with van der Waals surface area (Å²) < 4.78 is 0. The molecular formula is C18H24N2O4. The van der Waals surface area contributed by atoms with Crippen LogP contribution in [0.5, 0.6) is 0 Å². The fourth-order valence-electron chi connectivity index (χ4n) is 2.70. The van der Waals surface area contributed by atoms with Crippen LogP contribution >= 0.6 is 0 Å². The lowest BCUT2D eigenvalue weighted by Crippen LogP contribution is -2.49. The number of hydrogen-bond donors (Lipinski definition) is 3. The molecule has 0 atom stereocenters. The van der Waals surface area contributed by atoms with E-state index < -0.39 is 17.4 Å². The maximum Gasteiger partial charge on any atom is 0.328 e. The molecule has 2 amide bonds. The maximum absolute atomic E-state index is 12.1. The van der Waals surface area contributed by atoms with Crippen LogP contribution in [-0.2, 0) is 16.1 Å². The zero-order valence-corrected chi connectivity index (χ0v) is 14.1. The van der Waals surface area contributed by atoms with Crippen molar-refractivity contribution in [1.82, 2.24) is 10.6 Å². The van der Waals surface area contributed by atoms with Gasteiger partial charge in [0, 0.05) is 18.0 Å². The van der Waals surface area contributed by atoms with E-state index in [1.54, 1.807) is 24.3 Å². The second kappa shape index (κ2) is 7.47. The van der Waals surface area contributed by atoms with Crippen LogP contribution in [0.1, 0.15) is 55.5 Å². The van der Waals surface area contributed by atoms with Crippen LogP contribution in [0.4, 0.5) is 0 Å². The minimum atomic E-state index is -1.33. The molecule has 0 aliphatic heterocycles. The van der Waals surface area contributed by atoms with Gasteiger partial charge < -0.3 is 15.7 Å². The Hall–Kier alpha value is -2.37. The van der Waals surface area contributed by atoms with E-state index in [1.165, 1.54) is 13.8 Å². The molecule has 0 saturated heterocycles. The Bertz CT molecular complexity index is 616. The SMILES string of the molecule is CC(C)(NC(=O)c1ccc(CNC(=O)C2CCCC2)cc1)C(=O)O. The molecule has 0 unspecified atom stereocenters. The Morgan fingerprint density at radius 3 is 2.25 bits per heavy atom. The molecule has 0 bridgehead atoms. The number of nitrogens with one attached hydrogen (secondary N) is 2. The molecule has 2 rings (SSSR count). The fraction of sp³-hybridized carbons (Fsp3) is 0.500. The summed E-state index contributed by atoms with van der Waals surface area (Å²) in [5.41, 5.74) is -0.0454. The number of benzene rings is 1. The number of aliphatic carboxylic acids is 1. The number of hydrogen-bond acceptors (Lipinski definition) is 3. The molecule has 1 fully saturated rings. The van der Waals surface area contributed by atoms with Gasteiger partial charge in [0.1, 0.15) is 5.54 Å². The molecule has 0 heterocycles. The maximum atomic E-state index is 12.1. The van der Waals surface area contributed by atoms with Crippen LogP contribution in [0.2, 0.25) is 0 Å². The minimum absolute atomic E-state index is 0.0949. The topological polar surface area (TPSA) is 95.5 Å². The monoisotopic (exact) mass is 332 g/mol. The molecule has 0 radical (unpaired) electrons. The summed E-state index contributed by atoms with van der Waals surface area (Å²) in [4.78, 5) is 35.1. The Kier molecular flexibility index (Phi) is 5.59. The molecule has 1 saturated carbocycles. The smallest absolute Gasteiger partial charge is 0.328 e. The first-order valence-corrected chi connectivity index (χ1v) is 8.22.